The summed E-state index contributed by atoms with van der Waals surface area (Å²) in [4.78, 5) is 21.0. The second-order valence-corrected chi connectivity index (χ2v) is 3.01. The van der Waals surface area contributed by atoms with Crippen LogP contribution < -0.4 is 5.32 Å². The molecule has 1 N–H and O–H groups in total. The Balaban J connectivity index is 2.40. The fourth-order valence-electron chi connectivity index (χ4n) is 1.41. The molecule has 0 fully saturated rings. The van der Waals surface area contributed by atoms with Crippen molar-refractivity contribution in [2.75, 3.05) is 11.9 Å². The first-order chi connectivity index (χ1) is 6.81. The van der Waals surface area contributed by atoms with E-state index in [1.165, 1.54) is 0 Å². The van der Waals surface area contributed by atoms with Gasteiger partial charge in [0.25, 0.3) is 0 Å². The van der Waals surface area contributed by atoms with Crippen LogP contribution in [0.15, 0.2) is 35.0 Å². The Bertz CT molecular complexity index is 424. The van der Waals surface area contributed by atoms with Gasteiger partial charge in [0.1, 0.15) is 0 Å². The lowest BCUT2D eigenvalue weighted by Crippen LogP contribution is -2.15. The number of hydrogen-bond acceptors (Lipinski definition) is 3. The lowest BCUT2D eigenvalue weighted by molar-refractivity contribution is -0.114. The molecule has 4 heteroatoms. The molecule has 0 radical (unpaired) electrons. The number of nitrogens with one attached hydrogen (secondary N) is 1. The Labute approximate surface area is 80.6 Å². The Kier molecular flexibility index (Phi) is 2.10. The van der Waals surface area contributed by atoms with E-state index in [2.05, 4.69) is 10.5 Å². The quantitative estimate of drug-likeness (QED) is 0.683. The molecule has 1 aromatic carbocycles. The second-order valence-electron chi connectivity index (χ2n) is 3.01. The van der Waals surface area contributed by atoms with E-state index >= 15 is 0 Å². The highest BCUT2D eigenvalue weighted by molar-refractivity contribution is 6.01. The molecule has 0 aromatic heterocycles. The lowest BCUT2D eigenvalue weighted by Gasteiger charge is -2.15. The smallest absolute Gasteiger partial charge is 0.314 e. The molecule has 14 heavy (non-hydrogen) atoms. The number of carbonyl (C=O) groups excluding carboxylic acids is 1. The monoisotopic (exact) mass is 188 g/mol. The highest BCUT2D eigenvalue weighted by Crippen LogP contribution is 2.23. The van der Waals surface area contributed by atoms with Crippen molar-refractivity contribution in [2.24, 2.45) is 5.18 Å². The SMILES string of the molecule is O=NC(=O)C1=Cc2ccccc2NC1. The van der Waals surface area contributed by atoms with Crippen LogP contribution in [0.4, 0.5) is 5.69 Å². The van der Waals surface area contributed by atoms with Crippen molar-refractivity contribution in [1.82, 2.24) is 0 Å². The molecule has 0 bridgehead atoms. The van der Waals surface area contributed by atoms with Crippen LogP contribution in [0.1, 0.15) is 5.56 Å². The van der Waals surface area contributed by atoms with Crippen molar-refractivity contribution >= 4 is 17.7 Å². The summed E-state index contributed by atoms with van der Waals surface area (Å²) in [6, 6.07) is 7.57. The topological polar surface area (TPSA) is 58.5 Å². The molecule has 0 unspecified atom stereocenters. The Hall–Kier alpha value is -1.97. The molecule has 0 atom stereocenters. The zero-order chi connectivity index (χ0) is 9.97. The number of rotatable bonds is 1. The van der Waals surface area contributed by atoms with Crippen molar-refractivity contribution in [2.45, 2.75) is 0 Å². The first kappa shape index (κ1) is 8.62. The predicted molar refractivity (Wildman–Crippen MR) is 53.7 cm³/mol. The third-order valence-electron chi connectivity index (χ3n) is 2.12. The molecule has 1 aliphatic heterocycles. The van der Waals surface area contributed by atoms with Crippen LogP contribution in [0, 0.1) is 4.91 Å². The van der Waals surface area contributed by atoms with E-state index in [1.807, 2.05) is 24.3 Å². The van der Waals surface area contributed by atoms with E-state index in [4.69, 9.17) is 0 Å². The molecule has 1 aromatic rings. The summed E-state index contributed by atoms with van der Waals surface area (Å²) in [6.45, 7) is 0.363. The molecule has 1 aliphatic rings. The van der Waals surface area contributed by atoms with E-state index in [0.29, 0.717) is 12.1 Å². The minimum absolute atomic E-state index is 0.363. The number of nitrogens with zero attached hydrogens (tertiary/aromatic N) is 1. The molecule has 1 heterocycles. The van der Waals surface area contributed by atoms with Gasteiger partial charge in [0, 0.05) is 23.0 Å². The summed E-state index contributed by atoms with van der Waals surface area (Å²) in [5, 5.41) is 5.43. The molecule has 0 aliphatic carbocycles. The van der Waals surface area contributed by atoms with Crippen LogP contribution in [0.2, 0.25) is 0 Å². The van der Waals surface area contributed by atoms with Crippen LogP contribution in [-0.4, -0.2) is 12.5 Å². The predicted octanol–water partition coefficient (Wildman–Crippen LogP) is 1.79. The van der Waals surface area contributed by atoms with Gasteiger partial charge < -0.3 is 5.32 Å². The van der Waals surface area contributed by atoms with Gasteiger partial charge in [-0.3, -0.25) is 4.79 Å². The van der Waals surface area contributed by atoms with E-state index in [1.54, 1.807) is 6.08 Å². The van der Waals surface area contributed by atoms with Gasteiger partial charge in [0.05, 0.1) is 0 Å². The van der Waals surface area contributed by atoms with Crippen molar-refractivity contribution in [3.05, 3.63) is 40.3 Å². The second kappa shape index (κ2) is 3.41. The fourth-order valence-corrected chi connectivity index (χ4v) is 1.41. The Morgan fingerprint density at radius 1 is 1.36 bits per heavy atom. The summed E-state index contributed by atoms with van der Waals surface area (Å²) in [5.74, 6) is -0.702. The first-order valence-corrected chi connectivity index (χ1v) is 4.22. The average Bonchev–Trinajstić information content (AvgIpc) is 2.27. The van der Waals surface area contributed by atoms with Gasteiger partial charge in [-0.25, -0.2) is 0 Å². The summed E-state index contributed by atoms with van der Waals surface area (Å²) >= 11 is 0. The maximum absolute atomic E-state index is 11.0. The van der Waals surface area contributed by atoms with Crippen molar-refractivity contribution in [3.8, 4) is 0 Å². The number of fused-ring (bicyclic) bond motifs is 1. The third-order valence-corrected chi connectivity index (χ3v) is 2.12. The number of para-hydroxylation sites is 1. The summed E-state index contributed by atoms with van der Waals surface area (Å²) < 4.78 is 0. The van der Waals surface area contributed by atoms with Crippen LogP contribution in [0.5, 0.6) is 0 Å². The van der Waals surface area contributed by atoms with E-state index in [9.17, 15) is 9.70 Å². The van der Waals surface area contributed by atoms with Crippen molar-refractivity contribution in [1.29, 1.82) is 0 Å². The lowest BCUT2D eigenvalue weighted by atomic mass is 10.0. The van der Waals surface area contributed by atoms with E-state index < -0.39 is 5.91 Å². The van der Waals surface area contributed by atoms with Crippen LogP contribution in [0.3, 0.4) is 0 Å². The highest BCUT2D eigenvalue weighted by atomic mass is 16.3. The van der Waals surface area contributed by atoms with Gasteiger partial charge in [-0.2, -0.15) is 0 Å². The molecule has 4 nitrogen and oxygen atoms in total. The molecule has 70 valence electrons. The van der Waals surface area contributed by atoms with Crippen LogP contribution >= 0.6 is 0 Å². The van der Waals surface area contributed by atoms with Crippen LogP contribution in [-0.2, 0) is 4.79 Å². The fraction of sp³-hybridized carbons (Fsp3) is 0.100. The number of nitroso groups, excluding NO2 is 1. The van der Waals surface area contributed by atoms with Gasteiger partial charge in [-0.15, -0.1) is 4.91 Å². The number of amides is 1. The van der Waals surface area contributed by atoms with Gasteiger partial charge in [0.15, 0.2) is 0 Å². The number of hydrogen-bond donors (Lipinski definition) is 1. The molecule has 0 spiro atoms. The Morgan fingerprint density at radius 2 is 2.14 bits per heavy atom. The number of benzene rings is 1. The minimum atomic E-state index is -0.702. The summed E-state index contributed by atoms with van der Waals surface area (Å²) in [5.41, 5.74) is 2.28. The van der Waals surface area contributed by atoms with Gasteiger partial charge in [-0.1, -0.05) is 18.2 Å². The Morgan fingerprint density at radius 3 is 2.93 bits per heavy atom. The molecular formula is C10H8N2O2. The van der Waals surface area contributed by atoms with Crippen LogP contribution in [0.25, 0.3) is 6.08 Å². The first-order valence-electron chi connectivity index (χ1n) is 4.22. The maximum atomic E-state index is 11.0. The van der Waals surface area contributed by atoms with Gasteiger partial charge >= 0.3 is 5.91 Å². The molecule has 2 rings (SSSR count). The van der Waals surface area contributed by atoms with Gasteiger partial charge in [0.2, 0.25) is 0 Å². The highest BCUT2D eigenvalue weighted by Gasteiger charge is 2.15. The molecule has 0 saturated heterocycles. The molecule has 0 saturated carbocycles. The van der Waals surface area contributed by atoms with Crippen molar-refractivity contribution in [3.63, 3.8) is 0 Å². The largest absolute Gasteiger partial charge is 0.380 e. The maximum Gasteiger partial charge on any atom is 0.314 e. The number of anilines is 1. The zero-order valence-electron chi connectivity index (χ0n) is 7.36. The average molecular weight is 188 g/mol. The molecular weight excluding hydrogens is 180 g/mol. The standard InChI is InChI=1S/C10H8N2O2/c13-10(12-14)8-5-7-3-1-2-4-9(7)11-6-8/h1-5,11H,6H2. The third kappa shape index (κ3) is 1.42. The van der Waals surface area contributed by atoms with E-state index in [-0.39, 0.29) is 0 Å². The summed E-state index contributed by atoms with van der Waals surface area (Å²) in [7, 11) is 0. The zero-order valence-corrected chi connectivity index (χ0v) is 7.36. The normalized spacial score (nSPS) is 13.6. The summed E-state index contributed by atoms with van der Waals surface area (Å²) in [6.07, 6.45) is 1.69. The van der Waals surface area contributed by atoms with Crippen molar-refractivity contribution < 1.29 is 4.79 Å². The van der Waals surface area contributed by atoms with Gasteiger partial charge in [-0.05, 0) is 17.7 Å². The number of carbonyl (C=O) groups is 1. The molecule has 1 amide bonds. The minimum Gasteiger partial charge on any atom is -0.380 e. The van der Waals surface area contributed by atoms with E-state index in [0.717, 1.165) is 11.3 Å².